The summed E-state index contributed by atoms with van der Waals surface area (Å²) in [5.41, 5.74) is 0.302. The molecule has 1 aliphatic rings. The fourth-order valence-corrected chi connectivity index (χ4v) is 4.46. The van der Waals surface area contributed by atoms with Crippen LogP contribution in [0.3, 0.4) is 0 Å². The van der Waals surface area contributed by atoms with E-state index >= 15 is 0 Å². The van der Waals surface area contributed by atoms with Gasteiger partial charge in [0, 0.05) is 23.5 Å². The maximum Gasteiger partial charge on any atom is 0.573 e. The van der Waals surface area contributed by atoms with Crippen molar-refractivity contribution < 1.29 is 40.9 Å². The molecule has 3 atom stereocenters. The summed E-state index contributed by atoms with van der Waals surface area (Å²) in [4.78, 5) is 0. The summed E-state index contributed by atoms with van der Waals surface area (Å²) >= 11 is 6.06. The molecule has 194 valence electrons. The Kier molecular flexibility index (Phi) is 8.49. The first-order valence-electron chi connectivity index (χ1n) is 11.0. The molecule has 2 aromatic rings. The molecule has 35 heavy (non-hydrogen) atoms. The highest BCUT2D eigenvalue weighted by Gasteiger charge is 2.42. The summed E-state index contributed by atoms with van der Waals surface area (Å²) in [6, 6.07) is 10.5. The summed E-state index contributed by atoms with van der Waals surface area (Å²) < 4.78 is 86.9. The van der Waals surface area contributed by atoms with Gasteiger partial charge in [-0.3, -0.25) is 0 Å². The first-order chi connectivity index (χ1) is 16.2. The van der Waals surface area contributed by atoms with E-state index in [1.165, 1.54) is 12.1 Å². The number of aliphatic hydroxyl groups is 1. The van der Waals surface area contributed by atoms with Gasteiger partial charge in [-0.1, -0.05) is 23.7 Å². The number of halogens is 7. The Labute approximate surface area is 204 Å². The van der Waals surface area contributed by atoms with E-state index < -0.39 is 36.5 Å². The highest BCUT2D eigenvalue weighted by Crippen LogP contribution is 2.36. The third kappa shape index (κ3) is 8.18. The highest BCUT2D eigenvalue weighted by molar-refractivity contribution is 6.31. The molecule has 11 heteroatoms. The van der Waals surface area contributed by atoms with Crippen molar-refractivity contribution in [1.29, 1.82) is 0 Å². The summed E-state index contributed by atoms with van der Waals surface area (Å²) in [6.45, 7) is 1.06. The van der Waals surface area contributed by atoms with E-state index in [2.05, 4.69) is 10.1 Å². The zero-order chi connectivity index (χ0) is 25.9. The van der Waals surface area contributed by atoms with Crippen LogP contribution < -0.4 is 14.8 Å². The first kappa shape index (κ1) is 27.4. The number of ether oxygens (including phenoxy) is 2. The second-order valence-electron chi connectivity index (χ2n) is 8.84. The Morgan fingerprint density at radius 1 is 1.11 bits per heavy atom. The van der Waals surface area contributed by atoms with Gasteiger partial charge in [0.15, 0.2) is 6.10 Å². The molecule has 0 amide bonds. The van der Waals surface area contributed by atoms with Crippen molar-refractivity contribution in [2.75, 3.05) is 6.54 Å². The molecule has 4 nitrogen and oxygen atoms in total. The van der Waals surface area contributed by atoms with Crippen LogP contribution >= 0.6 is 11.6 Å². The molecule has 0 aromatic heterocycles. The fourth-order valence-electron chi connectivity index (χ4n) is 4.35. The summed E-state index contributed by atoms with van der Waals surface area (Å²) in [5.74, 6) is 0.143. The summed E-state index contributed by atoms with van der Waals surface area (Å²) in [7, 11) is 0. The molecule has 0 heterocycles. The third-order valence-corrected chi connectivity index (χ3v) is 6.38. The lowest BCUT2D eigenvalue weighted by atomic mass is 9.76. The van der Waals surface area contributed by atoms with Crippen LogP contribution in [0.5, 0.6) is 11.5 Å². The Morgan fingerprint density at radius 2 is 1.86 bits per heavy atom. The normalized spacial score (nSPS) is 22.0. The van der Waals surface area contributed by atoms with E-state index in [1.54, 1.807) is 24.3 Å². The van der Waals surface area contributed by atoms with Gasteiger partial charge >= 0.3 is 12.5 Å². The standard InChI is InChI=1S/C24H26ClF6NO3/c1-15-10-17(7-8-20(15)25)34-19-6-3-9-22(13-19,32-14-21(33)23(26,27)28)12-16-4-2-5-18(11-16)35-24(29,30)31/h2,4-5,7-8,10-11,19,21,32-33H,3,6,9,12-14H2,1H3. The van der Waals surface area contributed by atoms with Crippen molar-refractivity contribution in [3.63, 3.8) is 0 Å². The highest BCUT2D eigenvalue weighted by atomic mass is 35.5. The first-order valence-corrected chi connectivity index (χ1v) is 11.4. The van der Waals surface area contributed by atoms with Crippen molar-refractivity contribution >= 4 is 11.6 Å². The van der Waals surface area contributed by atoms with Gasteiger partial charge < -0.3 is 19.9 Å². The van der Waals surface area contributed by atoms with Gasteiger partial charge in [0.05, 0.1) is 0 Å². The lowest BCUT2D eigenvalue weighted by Gasteiger charge is -2.42. The molecule has 1 saturated carbocycles. The molecular weight excluding hydrogens is 500 g/mol. The van der Waals surface area contributed by atoms with E-state index in [0.717, 1.165) is 11.6 Å². The predicted molar refractivity (Wildman–Crippen MR) is 119 cm³/mol. The van der Waals surface area contributed by atoms with Gasteiger partial charge in [-0.25, -0.2) is 0 Å². The number of aryl methyl sites for hydroxylation is 1. The van der Waals surface area contributed by atoms with Crippen LogP contribution in [0.4, 0.5) is 26.3 Å². The summed E-state index contributed by atoms with van der Waals surface area (Å²) in [5, 5.41) is 13.0. The minimum Gasteiger partial charge on any atom is -0.490 e. The fraction of sp³-hybridized carbons (Fsp3) is 0.500. The van der Waals surface area contributed by atoms with Crippen LogP contribution in [0.25, 0.3) is 0 Å². The minimum atomic E-state index is -4.87. The smallest absolute Gasteiger partial charge is 0.490 e. The predicted octanol–water partition coefficient (Wildman–Crippen LogP) is 6.36. The molecule has 2 N–H and O–H groups in total. The number of β-amino-alcohol motifs (C(OH)–C–C–N with tert-alkyl or cyclic N) is 1. The second-order valence-corrected chi connectivity index (χ2v) is 9.25. The zero-order valence-corrected chi connectivity index (χ0v) is 19.6. The van der Waals surface area contributed by atoms with Gasteiger partial charge in [0.25, 0.3) is 0 Å². The van der Waals surface area contributed by atoms with Crippen LogP contribution in [0.1, 0.15) is 36.8 Å². The molecule has 0 saturated heterocycles. The Hall–Kier alpha value is -2.17. The molecule has 3 rings (SSSR count). The van der Waals surface area contributed by atoms with Crippen molar-refractivity contribution in [2.45, 2.75) is 69.3 Å². The number of hydrogen-bond acceptors (Lipinski definition) is 4. The quantitative estimate of drug-likeness (QED) is 0.394. The van der Waals surface area contributed by atoms with Crippen molar-refractivity contribution in [3.8, 4) is 11.5 Å². The molecule has 0 spiro atoms. The van der Waals surface area contributed by atoms with E-state index in [0.29, 0.717) is 35.6 Å². The van der Waals surface area contributed by atoms with Crippen LogP contribution in [-0.4, -0.2) is 41.9 Å². The minimum absolute atomic E-state index is 0.117. The Balaban J connectivity index is 1.82. The average Bonchev–Trinajstić information content (AvgIpc) is 2.73. The SMILES string of the molecule is Cc1cc(OC2CCCC(Cc3cccc(OC(F)(F)F)c3)(NCC(O)C(F)(F)F)C2)ccc1Cl. The number of rotatable bonds is 8. The average molecular weight is 526 g/mol. The second kappa shape index (κ2) is 10.8. The van der Waals surface area contributed by atoms with Gasteiger partial charge in [0.1, 0.15) is 17.6 Å². The topological polar surface area (TPSA) is 50.7 Å². The number of alkyl halides is 6. The lowest BCUT2D eigenvalue weighted by molar-refractivity contribution is -0.274. The van der Waals surface area contributed by atoms with Crippen LogP contribution in [0.15, 0.2) is 42.5 Å². The molecular formula is C24H26ClF6NO3. The Morgan fingerprint density at radius 3 is 2.51 bits per heavy atom. The molecule has 1 fully saturated rings. The number of hydrogen-bond donors (Lipinski definition) is 2. The van der Waals surface area contributed by atoms with Gasteiger partial charge in [0.2, 0.25) is 0 Å². The third-order valence-electron chi connectivity index (χ3n) is 5.95. The monoisotopic (exact) mass is 525 g/mol. The van der Waals surface area contributed by atoms with Crippen molar-refractivity contribution in [2.24, 2.45) is 0 Å². The number of aliphatic hydroxyl groups excluding tert-OH is 1. The zero-order valence-electron chi connectivity index (χ0n) is 18.8. The van der Waals surface area contributed by atoms with Gasteiger partial charge in [-0.2, -0.15) is 13.2 Å². The van der Waals surface area contributed by atoms with E-state index in [4.69, 9.17) is 16.3 Å². The summed E-state index contributed by atoms with van der Waals surface area (Å²) in [6.07, 6.45) is -10.5. The molecule has 2 aromatic carbocycles. The number of benzene rings is 2. The molecule has 0 bridgehead atoms. The number of nitrogens with one attached hydrogen (secondary N) is 1. The van der Waals surface area contributed by atoms with E-state index in [9.17, 15) is 31.4 Å². The van der Waals surface area contributed by atoms with Crippen LogP contribution in [0.2, 0.25) is 5.02 Å². The van der Waals surface area contributed by atoms with E-state index in [1.807, 2.05) is 6.92 Å². The molecule has 0 aliphatic heterocycles. The largest absolute Gasteiger partial charge is 0.573 e. The molecule has 1 aliphatic carbocycles. The van der Waals surface area contributed by atoms with Crippen LogP contribution in [0, 0.1) is 6.92 Å². The van der Waals surface area contributed by atoms with E-state index in [-0.39, 0.29) is 18.9 Å². The lowest BCUT2D eigenvalue weighted by Crippen LogP contribution is -2.55. The maximum absolute atomic E-state index is 13.0. The van der Waals surface area contributed by atoms with Crippen LogP contribution in [-0.2, 0) is 6.42 Å². The van der Waals surface area contributed by atoms with Gasteiger partial charge in [-0.15, -0.1) is 13.2 Å². The van der Waals surface area contributed by atoms with Gasteiger partial charge in [-0.05, 0) is 74.1 Å². The van der Waals surface area contributed by atoms with Crippen molar-refractivity contribution in [3.05, 3.63) is 58.6 Å². The Bertz CT molecular complexity index is 1000. The molecule has 3 unspecified atom stereocenters. The van der Waals surface area contributed by atoms with Crippen molar-refractivity contribution in [1.82, 2.24) is 5.32 Å². The maximum atomic E-state index is 13.0. The molecule has 0 radical (unpaired) electrons.